The highest BCUT2D eigenvalue weighted by Gasteiger charge is 2.48. The highest BCUT2D eigenvalue weighted by molar-refractivity contribution is 6.01. The zero-order valence-electron chi connectivity index (χ0n) is 24.0. The van der Waals surface area contributed by atoms with Crippen LogP contribution in [0.25, 0.3) is 0 Å². The molecule has 2 atom stereocenters. The zero-order chi connectivity index (χ0) is 28.5. The summed E-state index contributed by atoms with van der Waals surface area (Å²) in [5.74, 6) is 1.74. The number of carbonyl (C=O) groups excluding carboxylic acids is 2. The van der Waals surface area contributed by atoms with E-state index in [4.69, 9.17) is 14.2 Å². The number of methoxy groups -OCH3 is 1. The van der Waals surface area contributed by atoms with Gasteiger partial charge in [0.15, 0.2) is 11.5 Å². The van der Waals surface area contributed by atoms with E-state index >= 15 is 0 Å². The van der Waals surface area contributed by atoms with Gasteiger partial charge in [-0.2, -0.15) is 0 Å². The number of anilines is 1. The van der Waals surface area contributed by atoms with Crippen molar-refractivity contribution in [2.75, 3.05) is 57.9 Å². The van der Waals surface area contributed by atoms with Crippen LogP contribution in [0.5, 0.6) is 17.2 Å². The first-order valence-corrected chi connectivity index (χ1v) is 14.5. The van der Waals surface area contributed by atoms with Crippen molar-refractivity contribution in [3.05, 3.63) is 82.9 Å². The van der Waals surface area contributed by atoms with E-state index in [0.717, 1.165) is 41.2 Å². The van der Waals surface area contributed by atoms with Crippen molar-refractivity contribution in [2.24, 2.45) is 0 Å². The average Bonchev–Trinajstić information content (AvgIpc) is 3.01. The summed E-state index contributed by atoms with van der Waals surface area (Å²) in [6.45, 7) is 8.19. The SMILES string of the molecule is CCOc1cc2c(cc1OCC)[C@H]1[C@H](C(=O)N3CCN(c4ccc(OC)cc4)CC3)c3ccccc3C(=O)N1CC2. The number of hydrogen-bond donors (Lipinski definition) is 0. The molecule has 0 bridgehead atoms. The van der Waals surface area contributed by atoms with Crippen LogP contribution in [0.1, 0.15) is 52.9 Å². The molecule has 3 heterocycles. The van der Waals surface area contributed by atoms with Crippen molar-refractivity contribution in [1.29, 1.82) is 0 Å². The molecule has 0 unspecified atom stereocenters. The maximum atomic E-state index is 14.5. The van der Waals surface area contributed by atoms with Gasteiger partial charge in [-0.05, 0) is 79.4 Å². The molecule has 1 fully saturated rings. The van der Waals surface area contributed by atoms with Gasteiger partial charge in [0.2, 0.25) is 5.91 Å². The Morgan fingerprint density at radius 3 is 2.22 bits per heavy atom. The van der Waals surface area contributed by atoms with E-state index in [2.05, 4.69) is 17.0 Å². The molecular weight excluding hydrogens is 518 g/mol. The number of benzene rings is 3. The van der Waals surface area contributed by atoms with Gasteiger partial charge in [0, 0.05) is 44.0 Å². The third-order valence-electron chi connectivity index (χ3n) is 8.48. The van der Waals surface area contributed by atoms with Gasteiger partial charge in [0.1, 0.15) is 5.75 Å². The number of hydrogen-bond acceptors (Lipinski definition) is 6. The third-order valence-corrected chi connectivity index (χ3v) is 8.48. The predicted octanol–water partition coefficient (Wildman–Crippen LogP) is 4.68. The molecule has 8 heteroatoms. The van der Waals surface area contributed by atoms with Crippen molar-refractivity contribution in [2.45, 2.75) is 32.2 Å². The second-order valence-corrected chi connectivity index (χ2v) is 10.6. The molecule has 2 amide bonds. The van der Waals surface area contributed by atoms with Gasteiger partial charge in [0.05, 0.1) is 32.3 Å². The van der Waals surface area contributed by atoms with Gasteiger partial charge >= 0.3 is 0 Å². The Labute approximate surface area is 241 Å². The van der Waals surface area contributed by atoms with E-state index in [9.17, 15) is 9.59 Å². The molecule has 3 aromatic rings. The lowest BCUT2D eigenvalue weighted by Crippen LogP contribution is -2.54. The summed E-state index contributed by atoms with van der Waals surface area (Å²) in [6, 6.07) is 19.3. The van der Waals surface area contributed by atoms with E-state index in [1.165, 1.54) is 0 Å². The molecule has 3 aliphatic heterocycles. The topological polar surface area (TPSA) is 71.5 Å². The first kappa shape index (κ1) is 27.0. The maximum absolute atomic E-state index is 14.5. The van der Waals surface area contributed by atoms with Gasteiger partial charge < -0.3 is 28.9 Å². The molecule has 0 N–H and O–H groups in total. The molecule has 214 valence electrons. The molecule has 3 aromatic carbocycles. The van der Waals surface area contributed by atoms with Gasteiger partial charge in [0.25, 0.3) is 5.91 Å². The van der Waals surface area contributed by atoms with Gasteiger partial charge in [-0.15, -0.1) is 0 Å². The van der Waals surface area contributed by atoms with E-state index in [-0.39, 0.29) is 11.8 Å². The molecule has 0 saturated carbocycles. The Morgan fingerprint density at radius 2 is 1.54 bits per heavy atom. The molecular formula is C33H37N3O5. The fourth-order valence-electron chi connectivity index (χ4n) is 6.51. The Morgan fingerprint density at radius 1 is 0.854 bits per heavy atom. The predicted molar refractivity (Wildman–Crippen MR) is 157 cm³/mol. The number of nitrogens with zero attached hydrogens (tertiary/aromatic N) is 3. The van der Waals surface area contributed by atoms with Gasteiger partial charge in [-0.3, -0.25) is 9.59 Å². The summed E-state index contributed by atoms with van der Waals surface area (Å²) in [5, 5.41) is 0. The van der Waals surface area contributed by atoms with Crippen molar-refractivity contribution >= 4 is 17.5 Å². The van der Waals surface area contributed by atoms with E-state index in [1.807, 2.05) is 72.2 Å². The molecule has 3 aliphatic rings. The highest BCUT2D eigenvalue weighted by Crippen LogP contribution is 2.49. The number of ether oxygens (including phenoxy) is 3. The molecule has 1 saturated heterocycles. The molecule has 0 aromatic heterocycles. The quantitative estimate of drug-likeness (QED) is 0.422. The number of carbonyl (C=O) groups is 2. The second-order valence-electron chi connectivity index (χ2n) is 10.6. The summed E-state index contributed by atoms with van der Waals surface area (Å²) in [4.78, 5) is 34.4. The van der Waals surface area contributed by atoms with Crippen LogP contribution in [0.3, 0.4) is 0 Å². The van der Waals surface area contributed by atoms with Crippen molar-refractivity contribution in [3.8, 4) is 17.2 Å². The first-order valence-electron chi connectivity index (χ1n) is 14.5. The van der Waals surface area contributed by atoms with Gasteiger partial charge in [-0.1, -0.05) is 18.2 Å². The van der Waals surface area contributed by atoms with E-state index in [0.29, 0.717) is 56.3 Å². The largest absolute Gasteiger partial charge is 0.497 e. The summed E-state index contributed by atoms with van der Waals surface area (Å²) in [6.07, 6.45) is 0.702. The lowest BCUT2D eigenvalue weighted by Gasteiger charge is -2.47. The molecule has 8 nitrogen and oxygen atoms in total. The fraction of sp³-hybridized carbons (Fsp3) is 0.394. The maximum Gasteiger partial charge on any atom is 0.254 e. The van der Waals surface area contributed by atoms with Crippen LogP contribution in [0, 0.1) is 0 Å². The van der Waals surface area contributed by atoms with Crippen LogP contribution in [0.4, 0.5) is 5.69 Å². The minimum absolute atomic E-state index is 0.0172. The Kier molecular flexibility index (Phi) is 7.47. The minimum atomic E-state index is -0.497. The van der Waals surface area contributed by atoms with Crippen molar-refractivity contribution in [3.63, 3.8) is 0 Å². The first-order chi connectivity index (χ1) is 20.0. The number of fused-ring (bicyclic) bond motifs is 4. The summed E-state index contributed by atoms with van der Waals surface area (Å²) in [5.41, 5.74) is 4.63. The third kappa shape index (κ3) is 4.85. The molecule has 0 radical (unpaired) electrons. The van der Waals surface area contributed by atoms with Gasteiger partial charge in [-0.25, -0.2) is 0 Å². The Balaban J connectivity index is 1.34. The minimum Gasteiger partial charge on any atom is -0.497 e. The lowest BCUT2D eigenvalue weighted by atomic mass is 9.75. The van der Waals surface area contributed by atoms with E-state index in [1.54, 1.807) is 7.11 Å². The smallest absolute Gasteiger partial charge is 0.254 e. The van der Waals surface area contributed by atoms with Crippen molar-refractivity contribution < 1.29 is 23.8 Å². The zero-order valence-corrected chi connectivity index (χ0v) is 24.0. The number of rotatable bonds is 7. The molecule has 0 spiro atoms. The van der Waals surface area contributed by atoms with Crippen LogP contribution >= 0.6 is 0 Å². The molecule has 6 rings (SSSR count). The second kappa shape index (κ2) is 11.4. The summed E-state index contributed by atoms with van der Waals surface area (Å²) in [7, 11) is 1.66. The monoisotopic (exact) mass is 555 g/mol. The summed E-state index contributed by atoms with van der Waals surface area (Å²) >= 11 is 0. The molecule has 0 aliphatic carbocycles. The Bertz CT molecular complexity index is 1430. The van der Waals surface area contributed by atoms with Crippen molar-refractivity contribution in [1.82, 2.24) is 9.80 Å². The van der Waals surface area contributed by atoms with E-state index < -0.39 is 12.0 Å². The van der Waals surface area contributed by atoms with Crippen LogP contribution in [0.15, 0.2) is 60.7 Å². The van der Waals surface area contributed by atoms with Crippen LogP contribution < -0.4 is 19.1 Å². The van der Waals surface area contributed by atoms with Crippen LogP contribution in [-0.4, -0.2) is 74.7 Å². The summed E-state index contributed by atoms with van der Waals surface area (Å²) < 4.78 is 17.2. The average molecular weight is 556 g/mol. The van der Waals surface area contributed by atoms with Crippen LogP contribution in [-0.2, 0) is 11.2 Å². The fourth-order valence-corrected chi connectivity index (χ4v) is 6.51. The van der Waals surface area contributed by atoms with Crippen LogP contribution in [0.2, 0.25) is 0 Å². The number of amides is 2. The standard InChI is InChI=1S/C33H37N3O5/c1-4-40-28-20-22-14-15-36-31(27(22)21-29(28)41-5-2)30(25-8-6-7-9-26(25)32(36)37)33(38)35-18-16-34(17-19-35)23-10-12-24(39-3)13-11-23/h6-13,20-21,30-31H,4-5,14-19H2,1-3H3/t30-,31+/m1/s1. The highest BCUT2D eigenvalue weighted by atomic mass is 16.5. The lowest BCUT2D eigenvalue weighted by molar-refractivity contribution is -0.135. The normalized spacial score (nSPS) is 19.7. The number of piperazine rings is 1. The molecule has 41 heavy (non-hydrogen) atoms. The Hall–Kier alpha value is -4.20.